The van der Waals surface area contributed by atoms with Crippen LogP contribution in [0.4, 0.5) is 29.3 Å². The van der Waals surface area contributed by atoms with Gasteiger partial charge in [0.05, 0.1) is 15.7 Å². The maximum atomic E-state index is 13.3. The van der Waals surface area contributed by atoms with Crippen LogP contribution in [-0.2, 0) is 0 Å². The van der Waals surface area contributed by atoms with Crippen LogP contribution in [0.5, 0.6) is 0 Å². The third-order valence-electron chi connectivity index (χ3n) is 4.16. The Kier molecular flexibility index (Phi) is 5.96. The SMILES string of the molecule is O=C(Nc1cc(F)c(F)c(F)c1)N1CCCN(c2c(Cl)cncc2Cl)CC1. The predicted octanol–water partition coefficient (Wildman–Crippen LogP) is 4.55. The number of urea groups is 1. The zero-order valence-corrected chi connectivity index (χ0v) is 15.5. The highest BCUT2D eigenvalue weighted by molar-refractivity contribution is 6.38. The molecule has 0 bridgehead atoms. The number of nitrogens with zero attached hydrogens (tertiary/aromatic N) is 3. The Morgan fingerprint density at radius 3 is 2.26 bits per heavy atom. The van der Waals surface area contributed by atoms with Gasteiger partial charge in [-0.1, -0.05) is 23.2 Å². The van der Waals surface area contributed by atoms with Gasteiger partial charge in [0.15, 0.2) is 17.5 Å². The zero-order valence-electron chi connectivity index (χ0n) is 14.0. The topological polar surface area (TPSA) is 48.5 Å². The fourth-order valence-electron chi connectivity index (χ4n) is 2.88. The van der Waals surface area contributed by atoms with Crippen LogP contribution in [0.2, 0.25) is 10.0 Å². The molecule has 1 N–H and O–H groups in total. The highest BCUT2D eigenvalue weighted by atomic mass is 35.5. The first-order valence-electron chi connectivity index (χ1n) is 8.11. The minimum absolute atomic E-state index is 0.155. The van der Waals surface area contributed by atoms with Crippen molar-refractivity contribution in [3.8, 4) is 0 Å². The molecule has 3 rings (SSSR count). The van der Waals surface area contributed by atoms with E-state index in [1.54, 1.807) is 0 Å². The number of hydrogen-bond donors (Lipinski definition) is 1. The quantitative estimate of drug-likeness (QED) is 0.727. The van der Waals surface area contributed by atoms with Crippen LogP contribution in [0, 0.1) is 17.5 Å². The van der Waals surface area contributed by atoms with Gasteiger partial charge in [0, 0.05) is 56.4 Å². The molecule has 2 aromatic rings. The molecule has 10 heteroatoms. The lowest BCUT2D eigenvalue weighted by Crippen LogP contribution is -2.38. The number of carbonyl (C=O) groups is 1. The first-order chi connectivity index (χ1) is 12.9. The van der Waals surface area contributed by atoms with Gasteiger partial charge in [-0.15, -0.1) is 0 Å². The van der Waals surface area contributed by atoms with Crippen molar-refractivity contribution in [3.63, 3.8) is 0 Å². The Balaban J connectivity index is 1.68. The Bertz CT molecular complexity index is 825. The molecule has 144 valence electrons. The molecule has 2 amide bonds. The summed E-state index contributed by atoms with van der Waals surface area (Å²) in [6.45, 7) is 1.85. The molecule has 1 saturated heterocycles. The number of amides is 2. The zero-order chi connectivity index (χ0) is 19.6. The minimum Gasteiger partial charge on any atom is -0.367 e. The molecular formula is C17H15Cl2F3N4O. The fourth-order valence-corrected chi connectivity index (χ4v) is 3.48. The summed E-state index contributed by atoms with van der Waals surface area (Å²) >= 11 is 12.4. The molecule has 0 atom stereocenters. The summed E-state index contributed by atoms with van der Waals surface area (Å²) in [6, 6.07) is 0.933. The summed E-state index contributed by atoms with van der Waals surface area (Å²) in [5.74, 6) is -4.31. The van der Waals surface area contributed by atoms with Gasteiger partial charge in [-0.3, -0.25) is 4.98 Å². The van der Waals surface area contributed by atoms with Gasteiger partial charge < -0.3 is 15.1 Å². The van der Waals surface area contributed by atoms with Gasteiger partial charge in [-0.25, -0.2) is 18.0 Å². The van der Waals surface area contributed by atoms with Gasteiger partial charge in [-0.05, 0) is 6.42 Å². The van der Waals surface area contributed by atoms with Crippen molar-refractivity contribution in [2.45, 2.75) is 6.42 Å². The number of hydrogen-bond acceptors (Lipinski definition) is 3. The summed E-state index contributed by atoms with van der Waals surface area (Å²) in [5, 5.41) is 3.21. The van der Waals surface area contributed by atoms with Crippen molar-refractivity contribution in [2.24, 2.45) is 0 Å². The summed E-state index contributed by atoms with van der Waals surface area (Å²) in [4.78, 5) is 19.8. The van der Waals surface area contributed by atoms with Gasteiger partial charge in [0.2, 0.25) is 0 Å². The van der Waals surface area contributed by atoms with E-state index in [0.717, 1.165) is 12.1 Å². The number of nitrogens with one attached hydrogen (secondary N) is 1. The normalized spacial score (nSPS) is 14.9. The number of aromatic nitrogens is 1. The molecule has 1 aliphatic heterocycles. The van der Waals surface area contributed by atoms with Crippen LogP contribution in [0.25, 0.3) is 0 Å². The molecule has 2 heterocycles. The lowest BCUT2D eigenvalue weighted by molar-refractivity contribution is 0.215. The second kappa shape index (κ2) is 8.22. The van der Waals surface area contributed by atoms with Crippen molar-refractivity contribution in [1.29, 1.82) is 0 Å². The maximum absolute atomic E-state index is 13.3. The van der Waals surface area contributed by atoms with Crippen LogP contribution in [-0.4, -0.2) is 42.1 Å². The highest BCUT2D eigenvalue weighted by Gasteiger charge is 2.23. The Hall–Kier alpha value is -2.19. The first kappa shape index (κ1) is 19.6. The van der Waals surface area contributed by atoms with Crippen molar-refractivity contribution in [1.82, 2.24) is 9.88 Å². The molecular weight excluding hydrogens is 404 g/mol. The van der Waals surface area contributed by atoms with E-state index < -0.39 is 23.5 Å². The van der Waals surface area contributed by atoms with E-state index in [-0.39, 0.29) is 5.69 Å². The molecule has 0 spiro atoms. The molecule has 0 aliphatic carbocycles. The maximum Gasteiger partial charge on any atom is 0.321 e. The smallest absolute Gasteiger partial charge is 0.321 e. The van der Waals surface area contributed by atoms with E-state index in [4.69, 9.17) is 23.2 Å². The summed E-state index contributed by atoms with van der Waals surface area (Å²) < 4.78 is 39.6. The second-order valence-electron chi connectivity index (χ2n) is 5.96. The first-order valence-corrected chi connectivity index (χ1v) is 8.87. The molecule has 1 aliphatic rings. The molecule has 1 aromatic heterocycles. The summed E-state index contributed by atoms with van der Waals surface area (Å²) in [5.41, 5.74) is 0.496. The van der Waals surface area contributed by atoms with E-state index >= 15 is 0 Å². The number of pyridine rings is 1. The Labute approximate surface area is 163 Å². The highest BCUT2D eigenvalue weighted by Crippen LogP contribution is 2.33. The molecule has 0 unspecified atom stereocenters. The fraction of sp³-hybridized carbons (Fsp3) is 0.294. The number of rotatable bonds is 2. The number of carbonyl (C=O) groups excluding carboxylic acids is 1. The van der Waals surface area contributed by atoms with E-state index in [9.17, 15) is 18.0 Å². The van der Waals surface area contributed by atoms with E-state index in [2.05, 4.69) is 10.3 Å². The number of halogens is 5. The average Bonchev–Trinajstić information content (AvgIpc) is 2.86. The van der Waals surface area contributed by atoms with Crippen molar-refractivity contribution in [2.75, 3.05) is 36.4 Å². The van der Waals surface area contributed by atoms with Crippen molar-refractivity contribution < 1.29 is 18.0 Å². The second-order valence-corrected chi connectivity index (χ2v) is 6.78. The van der Waals surface area contributed by atoms with Crippen molar-refractivity contribution >= 4 is 40.6 Å². The third kappa shape index (κ3) is 4.39. The van der Waals surface area contributed by atoms with E-state index in [1.165, 1.54) is 17.3 Å². The summed E-state index contributed by atoms with van der Waals surface area (Å²) in [7, 11) is 0. The molecule has 0 radical (unpaired) electrons. The largest absolute Gasteiger partial charge is 0.367 e. The van der Waals surface area contributed by atoms with Crippen LogP contribution in [0.1, 0.15) is 6.42 Å². The van der Waals surface area contributed by atoms with Crippen LogP contribution >= 0.6 is 23.2 Å². The van der Waals surface area contributed by atoms with Crippen molar-refractivity contribution in [3.05, 3.63) is 52.0 Å². The number of benzene rings is 1. The van der Waals surface area contributed by atoms with E-state index in [0.29, 0.717) is 48.3 Å². The number of anilines is 2. The van der Waals surface area contributed by atoms with Crippen LogP contribution in [0.3, 0.4) is 0 Å². The molecule has 0 saturated carbocycles. The molecule has 27 heavy (non-hydrogen) atoms. The van der Waals surface area contributed by atoms with Crippen LogP contribution in [0.15, 0.2) is 24.5 Å². The minimum atomic E-state index is -1.58. The lowest BCUT2D eigenvalue weighted by Gasteiger charge is -2.25. The Morgan fingerprint density at radius 2 is 1.63 bits per heavy atom. The van der Waals surface area contributed by atoms with Gasteiger partial charge in [0.1, 0.15) is 0 Å². The Morgan fingerprint density at radius 1 is 1.00 bits per heavy atom. The summed E-state index contributed by atoms with van der Waals surface area (Å²) in [6.07, 6.45) is 3.63. The standard InChI is InChI=1S/C17H15Cl2F3N4O/c18-11-8-23-9-12(19)16(11)25-2-1-3-26(5-4-25)17(27)24-10-6-13(20)15(22)14(21)7-10/h6-9H,1-5H2,(H,24,27). The van der Waals surface area contributed by atoms with E-state index in [1.807, 2.05) is 4.90 Å². The lowest BCUT2D eigenvalue weighted by atomic mass is 10.3. The van der Waals surface area contributed by atoms with Crippen LogP contribution < -0.4 is 10.2 Å². The molecule has 5 nitrogen and oxygen atoms in total. The average molecular weight is 419 g/mol. The molecule has 1 aromatic carbocycles. The van der Waals surface area contributed by atoms with Gasteiger partial charge in [-0.2, -0.15) is 0 Å². The monoisotopic (exact) mass is 418 g/mol. The van der Waals surface area contributed by atoms with Gasteiger partial charge in [0.25, 0.3) is 0 Å². The molecule has 1 fully saturated rings. The van der Waals surface area contributed by atoms with Gasteiger partial charge >= 0.3 is 6.03 Å². The predicted molar refractivity (Wildman–Crippen MR) is 98.0 cm³/mol. The third-order valence-corrected chi connectivity index (χ3v) is 4.72.